The number of rotatable bonds is 8. The van der Waals surface area contributed by atoms with Crippen molar-refractivity contribution in [3.05, 3.63) is 140 Å². The number of nitrogens with zero attached hydrogens (tertiary/aromatic N) is 4. The fourth-order valence-corrected chi connectivity index (χ4v) is 7.17. The van der Waals surface area contributed by atoms with Gasteiger partial charge in [0.15, 0.2) is 0 Å². The molecule has 0 atom stereocenters. The summed E-state index contributed by atoms with van der Waals surface area (Å²) in [5, 5.41) is 3.83. The van der Waals surface area contributed by atoms with Gasteiger partial charge in [0.2, 0.25) is 0 Å². The van der Waals surface area contributed by atoms with Crippen molar-refractivity contribution >= 4 is 51.4 Å². The summed E-state index contributed by atoms with van der Waals surface area (Å²) < 4.78 is 27.1. The minimum absolute atomic E-state index is 0.0649. The third kappa shape index (κ3) is 6.70. The molecule has 0 amide bonds. The smallest absolute Gasteiger partial charge is 0.497 e. The quantitative estimate of drug-likeness (QED) is 0.114. The number of phosphoric ester groups is 1. The highest BCUT2D eigenvalue weighted by Gasteiger charge is 2.17. The van der Waals surface area contributed by atoms with E-state index in [-0.39, 0.29) is 5.75 Å². The summed E-state index contributed by atoms with van der Waals surface area (Å²) in [6.45, 7) is 0. The standard InChI is InChI=1S/C44H31N4O6P/c1-52-34-15-7-26(8-16-34)37-19-11-28-3-5-30-13-21-39(47-43(30)41(28)45-37)32-23-33(25-36(24-32)53-2)40-22-14-31-6-4-29-12-20-38(46-42(29)44(31)48-40)27-9-17-35(18-10-27)54-55(49,50)51/h3-25H,1-2H3,(H2,49,50,51). The van der Waals surface area contributed by atoms with Gasteiger partial charge in [0.1, 0.15) is 17.2 Å². The molecule has 0 unspecified atom stereocenters. The number of phosphoric acid groups is 1. The van der Waals surface area contributed by atoms with Crippen molar-refractivity contribution in [3.63, 3.8) is 0 Å². The van der Waals surface area contributed by atoms with Gasteiger partial charge in [-0.1, -0.05) is 48.5 Å². The van der Waals surface area contributed by atoms with E-state index < -0.39 is 7.82 Å². The molecule has 0 bridgehead atoms. The highest BCUT2D eigenvalue weighted by Crippen LogP contribution is 2.39. The number of fused-ring (bicyclic) bond motifs is 6. The van der Waals surface area contributed by atoms with E-state index in [9.17, 15) is 4.57 Å². The zero-order valence-electron chi connectivity index (χ0n) is 29.5. The second-order valence-corrected chi connectivity index (χ2v) is 14.2. The highest BCUT2D eigenvalue weighted by molar-refractivity contribution is 7.46. The Morgan fingerprint density at radius 3 is 1.07 bits per heavy atom. The van der Waals surface area contributed by atoms with Crippen LogP contribution in [0.2, 0.25) is 0 Å². The zero-order chi connectivity index (χ0) is 37.7. The van der Waals surface area contributed by atoms with E-state index in [1.807, 2.05) is 84.9 Å². The second kappa shape index (κ2) is 13.6. The van der Waals surface area contributed by atoms with E-state index >= 15 is 0 Å². The van der Waals surface area contributed by atoms with Gasteiger partial charge >= 0.3 is 7.82 Å². The summed E-state index contributed by atoms with van der Waals surface area (Å²) >= 11 is 0. The maximum Gasteiger partial charge on any atom is 0.524 e. The van der Waals surface area contributed by atoms with Crippen LogP contribution in [-0.2, 0) is 4.57 Å². The first-order valence-corrected chi connectivity index (χ1v) is 18.9. The van der Waals surface area contributed by atoms with Crippen LogP contribution in [0.5, 0.6) is 17.2 Å². The Hall–Kier alpha value is -6.71. The first kappa shape index (κ1) is 34.1. The molecular weight excluding hydrogens is 711 g/mol. The molecule has 4 heterocycles. The SMILES string of the molecule is COc1ccc(-c2ccc3ccc4ccc(-c5cc(OC)cc(-c6ccc7ccc8ccc(-c9ccc(OP(=O)(O)O)cc9)nc8c7n6)c5)nc4c3n2)cc1. The van der Waals surface area contributed by atoms with Crippen LogP contribution in [0, 0.1) is 0 Å². The molecule has 9 rings (SSSR count). The van der Waals surface area contributed by atoms with Gasteiger partial charge in [0.05, 0.1) is 59.1 Å². The molecule has 268 valence electrons. The van der Waals surface area contributed by atoms with E-state index in [1.54, 1.807) is 26.4 Å². The van der Waals surface area contributed by atoms with Crippen LogP contribution in [-0.4, -0.2) is 43.9 Å². The number of methoxy groups -OCH3 is 2. The minimum atomic E-state index is -4.66. The van der Waals surface area contributed by atoms with Crippen molar-refractivity contribution in [2.75, 3.05) is 14.2 Å². The predicted octanol–water partition coefficient (Wildman–Crippen LogP) is 10.0. The molecule has 4 aromatic heterocycles. The third-order valence-corrected chi connectivity index (χ3v) is 9.98. The van der Waals surface area contributed by atoms with Gasteiger partial charge in [-0.25, -0.2) is 24.5 Å². The van der Waals surface area contributed by atoms with Crippen LogP contribution in [0.15, 0.2) is 140 Å². The normalized spacial score (nSPS) is 11.7. The molecule has 0 fully saturated rings. The highest BCUT2D eigenvalue weighted by atomic mass is 31.2. The van der Waals surface area contributed by atoms with E-state index in [2.05, 4.69) is 30.3 Å². The van der Waals surface area contributed by atoms with Crippen molar-refractivity contribution in [1.29, 1.82) is 0 Å². The monoisotopic (exact) mass is 742 g/mol. The summed E-state index contributed by atoms with van der Waals surface area (Å²) in [4.78, 5) is 38.7. The van der Waals surface area contributed by atoms with Crippen LogP contribution in [0.1, 0.15) is 0 Å². The molecule has 0 aliphatic heterocycles. The molecule has 55 heavy (non-hydrogen) atoms. The molecule has 2 N–H and O–H groups in total. The molecule has 5 aromatic carbocycles. The third-order valence-electron chi connectivity index (χ3n) is 9.53. The lowest BCUT2D eigenvalue weighted by Crippen LogP contribution is -1.94. The van der Waals surface area contributed by atoms with Crippen molar-refractivity contribution in [3.8, 4) is 62.3 Å². The summed E-state index contributed by atoms with van der Waals surface area (Å²) in [6, 6.07) is 44.6. The summed E-state index contributed by atoms with van der Waals surface area (Å²) in [6.07, 6.45) is 0. The lowest BCUT2D eigenvalue weighted by atomic mass is 10.0. The van der Waals surface area contributed by atoms with Crippen LogP contribution >= 0.6 is 7.82 Å². The average Bonchev–Trinajstić information content (AvgIpc) is 3.22. The molecule has 10 nitrogen and oxygen atoms in total. The molecule has 0 aliphatic carbocycles. The molecule has 0 saturated carbocycles. The Balaban J connectivity index is 1.12. The maximum absolute atomic E-state index is 11.3. The van der Waals surface area contributed by atoms with Gasteiger partial charge < -0.3 is 14.0 Å². The van der Waals surface area contributed by atoms with Crippen molar-refractivity contribution < 1.29 is 28.3 Å². The summed E-state index contributed by atoms with van der Waals surface area (Å²) in [7, 11) is -1.37. The number of pyridine rings is 4. The fourth-order valence-electron chi connectivity index (χ4n) is 6.78. The first-order valence-electron chi connectivity index (χ1n) is 17.3. The minimum Gasteiger partial charge on any atom is -0.497 e. The topological polar surface area (TPSA) is 137 Å². The van der Waals surface area contributed by atoms with Crippen LogP contribution < -0.4 is 14.0 Å². The van der Waals surface area contributed by atoms with Gasteiger partial charge in [-0.2, -0.15) is 0 Å². The predicted molar refractivity (Wildman–Crippen MR) is 215 cm³/mol. The van der Waals surface area contributed by atoms with Crippen LogP contribution in [0.4, 0.5) is 0 Å². The number of benzene rings is 5. The molecular formula is C44H31N4O6P. The van der Waals surface area contributed by atoms with Crippen molar-refractivity contribution in [2.24, 2.45) is 0 Å². The molecule has 0 spiro atoms. The zero-order valence-corrected chi connectivity index (χ0v) is 30.4. The Labute approximate surface area is 314 Å². The van der Waals surface area contributed by atoms with E-state index in [0.717, 1.165) is 88.7 Å². The van der Waals surface area contributed by atoms with Gasteiger partial charge in [-0.3, -0.25) is 9.79 Å². The molecule has 0 aliphatic rings. The summed E-state index contributed by atoms with van der Waals surface area (Å²) in [5.41, 5.74) is 9.57. The Bertz CT molecular complexity index is 2990. The summed E-state index contributed by atoms with van der Waals surface area (Å²) in [5.74, 6) is 1.52. The number of hydrogen-bond acceptors (Lipinski definition) is 8. The molecule has 0 radical (unpaired) electrons. The Morgan fingerprint density at radius 1 is 0.400 bits per heavy atom. The Morgan fingerprint density at radius 2 is 0.727 bits per heavy atom. The molecule has 11 heteroatoms. The second-order valence-electron chi connectivity index (χ2n) is 13.0. The molecule has 9 aromatic rings. The lowest BCUT2D eigenvalue weighted by Gasteiger charge is -2.12. The first-order chi connectivity index (χ1) is 26.7. The van der Waals surface area contributed by atoms with Gasteiger partial charge in [-0.05, 0) is 91.0 Å². The number of ether oxygens (including phenoxy) is 2. The largest absolute Gasteiger partial charge is 0.524 e. The van der Waals surface area contributed by atoms with Crippen molar-refractivity contribution in [1.82, 2.24) is 19.9 Å². The number of aromatic nitrogens is 4. The fraction of sp³-hybridized carbons (Fsp3) is 0.0455. The van der Waals surface area contributed by atoms with E-state index in [0.29, 0.717) is 11.4 Å². The van der Waals surface area contributed by atoms with Crippen LogP contribution in [0.3, 0.4) is 0 Å². The molecule has 0 saturated heterocycles. The number of hydrogen-bond donors (Lipinski definition) is 2. The van der Waals surface area contributed by atoms with Gasteiger partial charge in [0.25, 0.3) is 0 Å². The average molecular weight is 743 g/mol. The van der Waals surface area contributed by atoms with Crippen LogP contribution in [0.25, 0.3) is 88.6 Å². The van der Waals surface area contributed by atoms with Crippen molar-refractivity contribution in [2.45, 2.75) is 0 Å². The Kier molecular flexibility index (Phi) is 8.43. The van der Waals surface area contributed by atoms with E-state index in [1.165, 1.54) is 12.1 Å². The van der Waals surface area contributed by atoms with Gasteiger partial charge in [0, 0.05) is 43.8 Å². The van der Waals surface area contributed by atoms with E-state index in [4.69, 9.17) is 43.7 Å². The van der Waals surface area contributed by atoms with Gasteiger partial charge in [-0.15, -0.1) is 0 Å². The lowest BCUT2D eigenvalue weighted by molar-refractivity contribution is 0.283. The maximum atomic E-state index is 11.3.